The lowest BCUT2D eigenvalue weighted by Crippen LogP contribution is -2.53. The van der Waals surface area contributed by atoms with Gasteiger partial charge in [0.05, 0.1) is 24.0 Å². The second kappa shape index (κ2) is 13.3. The number of pyridine rings is 1. The number of aliphatic carboxylic acids is 1. The molecule has 2 aromatic rings. The number of aromatic nitrogens is 1. The molecule has 2 aliphatic heterocycles. The fraction of sp³-hybridized carbons (Fsp3) is 0.531. The average Bonchev–Trinajstić information content (AvgIpc) is 3.59. The predicted molar refractivity (Wildman–Crippen MR) is 160 cm³/mol. The van der Waals surface area contributed by atoms with Crippen molar-refractivity contribution in [1.29, 1.82) is 0 Å². The van der Waals surface area contributed by atoms with Crippen LogP contribution in [0.3, 0.4) is 0 Å². The average molecular weight is 686 g/mol. The largest absolute Gasteiger partial charge is 0.490 e. The molecule has 1 aliphatic carbocycles. The predicted octanol–water partition coefficient (Wildman–Crippen LogP) is 5.70. The number of hydrogen-bond donors (Lipinski definition) is 3. The minimum Gasteiger partial charge on any atom is -0.480 e. The van der Waals surface area contributed by atoms with E-state index in [1.807, 2.05) is 33.8 Å². The number of aliphatic imine (C=N–C) groups is 1. The summed E-state index contributed by atoms with van der Waals surface area (Å²) in [6.45, 7) is 7.80. The van der Waals surface area contributed by atoms with Gasteiger partial charge in [0.25, 0.3) is 0 Å². The summed E-state index contributed by atoms with van der Waals surface area (Å²) >= 11 is 0. The highest BCUT2D eigenvalue weighted by atomic mass is 19.4. The molecule has 0 bridgehead atoms. The SMILES string of the molecule is CCC1(CC)CC(=O)N(C(c2cccnc2)C2C(C(=O)N[C@@H]3C[C@@H](C(F)(F)F)Oc4ccccc43)C2(C)C)C(N)=N1.O=C(O)C(F)(F)F. The molecule has 0 radical (unpaired) electrons. The highest BCUT2D eigenvalue weighted by molar-refractivity contribution is 6.00. The van der Waals surface area contributed by atoms with Crippen molar-refractivity contribution in [3.63, 3.8) is 0 Å². The monoisotopic (exact) mass is 685 g/mol. The van der Waals surface area contributed by atoms with Crippen molar-refractivity contribution < 1.29 is 50.6 Å². The maximum absolute atomic E-state index is 13.8. The zero-order chi connectivity index (χ0) is 35.8. The number of nitrogens with zero attached hydrogens (tertiary/aromatic N) is 3. The van der Waals surface area contributed by atoms with Crippen LogP contribution in [0.2, 0.25) is 0 Å². The van der Waals surface area contributed by atoms with Gasteiger partial charge in [0.1, 0.15) is 5.75 Å². The molecule has 2 amide bonds. The molecule has 1 aromatic heterocycles. The lowest BCUT2D eigenvalue weighted by atomic mass is 9.86. The van der Waals surface area contributed by atoms with Crippen LogP contribution in [0, 0.1) is 17.3 Å². The smallest absolute Gasteiger partial charge is 0.480 e. The number of nitrogens with two attached hydrogens (primary N) is 1. The summed E-state index contributed by atoms with van der Waals surface area (Å²) in [7, 11) is 0. The van der Waals surface area contributed by atoms with E-state index in [1.165, 1.54) is 11.0 Å². The van der Waals surface area contributed by atoms with E-state index in [9.17, 15) is 35.9 Å². The van der Waals surface area contributed by atoms with Gasteiger partial charge >= 0.3 is 18.3 Å². The Kier molecular flexibility index (Phi) is 10.1. The molecule has 1 aromatic carbocycles. The standard InChI is InChI=1S/C30H36F3N5O3.C2HF3O2/c1-5-29(6-2)15-22(39)38(27(34)37-29)25(17-10-9-13-35-16-17)23-24(28(23,3)4)26(40)36-19-14-21(30(31,32)33)41-20-12-8-7-11-18(19)20;3-2(4,5)1(6)7/h7-13,16,19,21,23-25H,5-6,14-15H2,1-4H3,(H2,34,37)(H,36,40);(H,6,7)/t19-,21+,23?,24?,25?;/m1./s1. The number of carbonyl (C=O) groups is 3. The minimum atomic E-state index is -5.08. The van der Waals surface area contributed by atoms with E-state index < -0.39 is 59.8 Å². The molecule has 1 fully saturated rings. The van der Waals surface area contributed by atoms with Gasteiger partial charge in [-0.15, -0.1) is 0 Å². The van der Waals surface area contributed by atoms with E-state index in [2.05, 4.69) is 10.3 Å². The molecule has 1 saturated carbocycles. The maximum atomic E-state index is 13.8. The zero-order valence-corrected chi connectivity index (χ0v) is 26.6. The van der Waals surface area contributed by atoms with Gasteiger partial charge in [0.15, 0.2) is 12.1 Å². The number of amides is 2. The second-order valence-electron chi connectivity index (χ2n) is 12.7. The van der Waals surface area contributed by atoms with Gasteiger partial charge in [-0.2, -0.15) is 26.3 Å². The first-order valence-corrected chi connectivity index (χ1v) is 15.3. The number of alkyl halides is 6. The van der Waals surface area contributed by atoms with Crippen LogP contribution < -0.4 is 15.8 Å². The number of benzene rings is 1. The Morgan fingerprint density at radius 2 is 1.73 bits per heavy atom. The Morgan fingerprint density at radius 3 is 2.25 bits per heavy atom. The highest BCUT2D eigenvalue weighted by Gasteiger charge is 2.67. The van der Waals surface area contributed by atoms with E-state index in [1.54, 1.807) is 36.7 Å². The Labute approximate surface area is 272 Å². The normalized spacial score (nSPS) is 24.9. The number of guanidine groups is 1. The number of halogens is 6. The van der Waals surface area contributed by atoms with E-state index in [0.29, 0.717) is 24.0 Å². The molecule has 48 heavy (non-hydrogen) atoms. The Balaban J connectivity index is 0.000000671. The van der Waals surface area contributed by atoms with Crippen LogP contribution in [0.1, 0.15) is 76.6 Å². The fourth-order valence-corrected chi connectivity index (χ4v) is 6.64. The van der Waals surface area contributed by atoms with Gasteiger partial charge in [-0.25, -0.2) is 9.79 Å². The first-order valence-electron chi connectivity index (χ1n) is 15.3. The Morgan fingerprint density at radius 1 is 1.10 bits per heavy atom. The van der Waals surface area contributed by atoms with Gasteiger partial charge < -0.3 is 20.9 Å². The van der Waals surface area contributed by atoms with Crippen molar-refractivity contribution in [3.8, 4) is 5.75 Å². The highest BCUT2D eigenvalue weighted by Crippen LogP contribution is 2.65. The lowest BCUT2D eigenvalue weighted by molar-refractivity contribution is -0.201. The van der Waals surface area contributed by atoms with E-state index >= 15 is 0 Å². The number of rotatable bonds is 7. The summed E-state index contributed by atoms with van der Waals surface area (Å²) in [5.74, 6) is -4.09. The summed E-state index contributed by atoms with van der Waals surface area (Å²) in [5.41, 5.74) is 6.53. The summed E-state index contributed by atoms with van der Waals surface area (Å²) < 4.78 is 78.0. The van der Waals surface area contributed by atoms with Crippen LogP contribution in [0.15, 0.2) is 53.8 Å². The summed E-state index contributed by atoms with van der Waals surface area (Å²) in [4.78, 5) is 46.9. The van der Waals surface area contributed by atoms with E-state index in [4.69, 9.17) is 25.4 Å². The minimum absolute atomic E-state index is 0.101. The lowest BCUT2D eigenvalue weighted by Gasteiger charge is -2.40. The van der Waals surface area contributed by atoms with Gasteiger partial charge in [-0.3, -0.25) is 19.5 Å². The topological polar surface area (TPSA) is 147 Å². The third-order valence-electron chi connectivity index (χ3n) is 9.44. The molecule has 0 saturated heterocycles. The van der Waals surface area contributed by atoms with Crippen molar-refractivity contribution in [2.75, 3.05) is 0 Å². The molecule has 3 unspecified atom stereocenters. The molecule has 5 atom stereocenters. The first kappa shape index (κ1) is 36.5. The van der Waals surface area contributed by atoms with Crippen LogP contribution in [0.25, 0.3) is 0 Å². The van der Waals surface area contributed by atoms with Crippen LogP contribution in [0.5, 0.6) is 5.75 Å². The fourth-order valence-electron chi connectivity index (χ4n) is 6.64. The number of carbonyl (C=O) groups excluding carboxylic acids is 2. The molecule has 10 nitrogen and oxygen atoms in total. The second-order valence-corrected chi connectivity index (χ2v) is 12.7. The number of carboxylic acid groups (broad SMARTS) is 1. The van der Waals surface area contributed by atoms with Gasteiger partial charge in [0.2, 0.25) is 11.8 Å². The molecule has 4 N–H and O–H groups in total. The summed E-state index contributed by atoms with van der Waals surface area (Å²) in [6.07, 6.45) is -7.35. The van der Waals surface area contributed by atoms with Crippen LogP contribution in [-0.4, -0.2) is 62.7 Å². The van der Waals surface area contributed by atoms with Gasteiger partial charge in [-0.05, 0) is 36.0 Å². The van der Waals surface area contributed by atoms with Gasteiger partial charge in [-0.1, -0.05) is 52.0 Å². The van der Waals surface area contributed by atoms with E-state index in [0.717, 1.165) is 0 Å². The van der Waals surface area contributed by atoms with Crippen LogP contribution in [-0.2, 0) is 14.4 Å². The first-order chi connectivity index (χ1) is 22.3. The van der Waals surface area contributed by atoms with Crippen molar-refractivity contribution >= 4 is 23.7 Å². The number of fused-ring (bicyclic) bond motifs is 1. The number of para-hydroxylation sites is 1. The number of carboxylic acids is 1. The molecule has 262 valence electrons. The zero-order valence-electron chi connectivity index (χ0n) is 26.6. The van der Waals surface area contributed by atoms with Crippen LogP contribution in [0.4, 0.5) is 26.3 Å². The number of ether oxygens (including phenoxy) is 1. The molecular weight excluding hydrogens is 648 g/mol. The molecule has 3 aliphatic rings. The number of nitrogens with one attached hydrogen (secondary N) is 1. The van der Waals surface area contributed by atoms with Crippen molar-refractivity contribution in [1.82, 2.24) is 15.2 Å². The molecule has 0 spiro atoms. The quantitative estimate of drug-likeness (QED) is 0.317. The van der Waals surface area contributed by atoms with Crippen LogP contribution >= 0.6 is 0 Å². The molecular formula is C32H37F6N5O5. The van der Waals surface area contributed by atoms with Crippen molar-refractivity contribution in [2.45, 2.75) is 89.5 Å². The third kappa shape index (κ3) is 7.36. The molecule has 5 rings (SSSR count). The number of hydrogen-bond acceptors (Lipinski definition) is 7. The summed E-state index contributed by atoms with van der Waals surface area (Å²) in [6, 6.07) is 8.53. The van der Waals surface area contributed by atoms with Gasteiger partial charge in [0, 0.05) is 36.2 Å². The maximum Gasteiger partial charge on any atom is 0.490 e. The molecule has 3 heterocycles. The van der Waals surface area contributed by atoms with E-state index in [-0.39, 0.29) is 35.9 Å². The van der Waals surface area contributed by atoms with Crippen molar-refractivity contribution in [2.24, 2.45) is 28.0 Å². The molecule has 16 heteroatoms. The Hall–Kier alpha value is -4.37. The summed E-state index contributed by atoms with van der Waals surface area (Å²) in [5, 5.41) is 10.0. The third-order valence-corrected chi connectivity index (χ3v) is 9.44. The van der Waals surface area contributed by atoms with Crippen molar-refractivity contribution in [3.05, 3.63) is 59.9 Å². The Bertz CT molecular complexity index is 1540.